The van der Waals surface area contributed by atoms with E-state index in [0.717, 1.165) is 41.5 Å². The predicted octanol–water partition coefficient (Wildman–Crippen LogP) is 2.22. The van der Waals surface area contributed by atoms with Crippen LogP contribution in [0.1, 0.15) is 45.8 Å². The van der Waals surface area contributed by atoms with Gasteiger partial charge in [-0.2, -0.15) is 0 Å². The van der Waals surface area contributed by atoms with Gasteiger partial charge >= 0.3 is 0 Å². The Morgan fingerprint density at radius 1 is 1.47 bits per heavy atom. The Kier molecular flexibility index (Phi) is 3.10. The minimum absolute atomic E-state index is 0.0165. The molecule has 1 aliphatic heterocycles. The molecule has 1 unspecified atom stereocenters. The average molecular weight is 276 g/mol. The average Bonchev–Trinajstić information content (AvgIpc) is 2.98. The Balaban J connectivity index is 1.79. The lowest BCUT2D eigenvalue weighted by Gasteiger charge is -2.23. The Bertz CT molecular complexity index is 616. The lowest BCUT2D eigenvalue weighted by atomic mass is 10.1. The summed E-state index contributed by atoms with van der Waals surface area (Å²) in [7, 11) is 0. The van der Waals surface area contributed by atoms with E-state index in [0.29, 0.717) is 0 Å². The number of rotatable bonds is 2. The van der Waals surface area contributed by atoms with Gasteiger partial charge in [-0.05, 0) is 43.7 Å². The number of hydrogen-bond acceptors (Lipinski definition) is 4. The van der Waals surface area contributed by atoms with Crippen molar-refractivity contribution < 1.29 is 4.79 Å². The van der Waals surface area contributed by atoms with E-state index >= 15 is 0 Å². The monoisotopic (exact) mass is 276 g/mol. The first kappa shape index (κ1) is 12.3. The summed E-state index contributed by atoms with van der Waals surface area (Å²) in [6.07, 6.45) is 1.97. The molecule has 0 saturated carbocycles. The SMILES string of the molecule is Cc1csc(C(=O)NC2CCCn3c(C)nnc32)c1. The van der Waals surface area contributed by atoms with E-state index in [1.807, 2.05) is 25.3 Å². The molecule has 3 heterocycles. The van der Waals surface area contributed by atoms with Crippen molar-refractivity contribution in [3.63, 3.8) is 0 Å². The van der Waals surface area contributed by atoms with Gasteiger partial charge in [-0.3, -0.25) is 4.79 Å². The second-order valence-corrected chi connectivity index (χ2v) is 5.82. The molecule has 0 spiro atoms. The summed E-state index contributed by atoms with van der Waals surface area (Å²) in [5, 5.41) is 13.3. The third-order valence-electron chi connectivity index (χ3n) is 3.41. The molecule has 1 atom stereocenters. The number of fused-ring (bicyclic) bond motifs is 1. The number of aromatic nitrogens is 3. The summed E-state index contributed by atoms with van der Waals surface area (Å²) in [5.41, 5.74) is 1.12. The maximum atomic E-state index is 12.2. The van der Waals surface area contributed by atoms with Crippen molar-refractivity contribution in [2.24, 2.45) is 0 Å². The second kappa shape index (κ2) is 4.77. The van der Waals surface area contributed by atoms with Crippen LogP contribution in [-0.2, 0) is 6.54 Å². The van der Waals surface area contributed by atoms with E-state index in [9.17, 15) is 4.79 Å². The fraction of sp³-hybridized carbons (Fsp3) is 0.462. The van der Waals surface area contributed by atoms with Gasteiger partial charge in [-0.15, -0.1) is 21.5 Å². The molecule has 3 rings (SSSR count). The van der Waals surface area contributed by atoms with Crippen LogP contribution in [0.15, 0.2) is 11.4 Å². The Hall–Kier alpha value is -1.69. The Labute approximate surface area is 115 Å². The van der Waals surface area contributed by atoms with Crippen LogP contribution < -0.4 is 5.32 Å². The lowest BCUT2D eigenvalue weighted by Crippen LogP contribution is -2.32. The van der Waals surface area contributed by atoms with E-state index in [4.69, 9.17) is 0 Å². The number of aryl methyl sites for hydroxylation is 2. The zero-order valence-electron chi connectivity index (χ0n) is 11.0. The zero-order chi connectivity index (χ0) is 13.4. The molecule has 0 aliphatic carbocycles. The summed E-state index contributed by atoms with van der Waals surface area (Å²) in [5.74, 6) is 1.78. The summed E-state index contributed by atoms with van der Waals surface area (Å²) in [6, 6.07) is 1.89. The van der Waals surface area contributed by atoms with Gasteiger partial charge < -0.3 is 9.88 Å². The molecule has 6 heteroatoms. The quantitative estimate of drug-likeness (QED) is 0.915. The van der Waals surface area contributed by atoms with Gasteiger partial charge in [-0.25, -0.2) is 0 Å². The van der Waals surface area contributed by atoms with Crippen molar-refractivity contribution >= 4 is 17.2 Å². The van der Waals surface area contributed by atoms with Crippen molar-refractivity contribution in [3.8, 4) is 0 Å². The van der Waals surface area contributed by atoms with Crippen LogP contribution in [-0.4, -0.2) is 20.7 Å². The van der Waals surface area contributed by atoms with Gasteiger partial charge in [0.15, 0.2) is 5.82 Å². The van der Waals surface area contributed by atoms with E-state index < -0.39 is 0 Å². The maximum Gasteiger partial charge on any atom is 0.261 e. The van der Waals surface area contributed by atoms with Gasteiger partial charge in [0.25, 0.3) is 5.91 Å². The van der Waals surface area contributed by atoms with E-state index in [2.05, 4.69) is 20.1 Å². The number of nitrogens with one attached hydrogen (secondary N) is 1. The molecule has 5 nitrogen and oxygen atoms in total. The summed E-state index contributed by atoms with van der Waals surface area (Å²) >= 11 is 1.48. The van der Waals surface area contributed by atoms with Gasteiger partial charge in [0.2, 0.25) is 0 Å². The maximum absolute atomic E-state index is 12.2. The van der Waals surface area contributed by atoms with Gasteiger partial charge in [0, 0.05) is 6.54 Å². The van der Waals surface area contributed by atoms with Crippen molar-refractivity contribution in [2.75, 3.05) is 0 Å². The molecule has 19 heavy (non-hydrogen) atoms. The topological polar surface area (TPSA) is 59.8 Å². The van der Waals surface area contributed by atoms with Gasteiger partial charge in [0.05, 0.1) is 10.9 Å². The molecule has 0 fully saturated rings. The second-order valence-electron chi connectivity index (χ2n) is 4.91. The van der Waals surface area contributed by atoms with E-state index in [-0.39, 0.29) is 11.9 Å². The summed E-state index contributed by atoms with van der Waals surface area (Å²) < 4.78 is 2.09. The molecule has 2 aromatic heterocycles. The Morgan fingerprint density at radius 3 is 3.05 bits per heavy atom. The van der Waals surface area contributed by atoms with Crippen molar-refractivity contribution in [1.82, 2.24) is 20.1 Å². The number of hydrogen-bond donors (Lipinski definition) is 1. The lowest BCUT2D eigenvalue weighted by molar-refractivity contribution is 0.0932. The third-order valence-corrected chi connectivity index (χ3v) is 4.46. The number of nitrogens with zero attached hydrogens (tertiary/aromatic N) is 3. The van der Waals surface area contributed by atoms with Crippen LogP contribution in [0, 0.1) is 13.8 Å². The van der Waals surface area contributed by atoms with Crippen molar-refractivity contribution in [3.05, 3.63) is 33.5 Å². The van der Waals surface area contributed by atoms with Crippen LogP contribution in [0.25, 0.3) is 0 Å². The van der Waals surface area contributed by atoms with Crippen LogP contribution >= 0.6 is 11.3 Å². The predicted molar refractivity (Wildman–Crippen MR) is 73.3 cm³/mol. The fourth-order valence-corrected chi connectivity index (χ4v) is 3.23. The smallest absolute Gasteiger partial charge is 0.261 e. The molecule has 0 bridgehead atoms. The minimum atomic E-state index is -0.0233. The van der Waals surface area contributed by atoms with Gasteiger partial charge in [-0.1, -0.05) is 0 Å². The highest BCUT2D eigenvalue weighted by molar-refractivity contribution is 7.12. The molecule has 0 saturated heterocycles. The number of amides is 1. The molecular weight excluding hydrogens is 260 g/mol. The highest BCUT2D eigenvalue weighted by Crippen LogP contribution is 2.25. The molecule has 100 valence electrons. The molecule has 2 aromatic rings. The Morgan fingerprint density at radius 2 is 2.32 bits per heavy atom. The number of thiophene rings is 1. The molecule has 1 aliphatic rings. The van der Waals surface area contributed by atoms with Crippen molar-refractivity contribution in [2.45, 2.75) is 39.3 Å². The number of carbonyl (C=O) groups excluding carboxylic acids is 1. The normalized spacial score (nSPS) is 18.1. The molecule has 0 aromatic carbocycles. The minimum Gasteiger partial charge on any atom is -0.341 e. The first-order valence-corrected chi connectivity index (χ1v) is 7.29. The standard InChI is InChI=1S/C13H16N4OS/c1-8-6-11(19-7-8)13(18)14-10-4-3-5-17-9(2)15-16-12(10)17/h6-7,10H,3-5H2,1-2H3,(H,14,18). The molecule has 0 radical (unpaired) electrons. The highest BCUT2D eigenvalue weighted by Gasteiger charge is 2.26. The van der Waals surface area contributed by atoms with Crippen LogP contribution in [0.4, 0.5) is 0 Å². The first-order valence-electron chi connectivity index (χ1n) is 6.41. The highest BCUT2D eigenvalue weighted by atomic mass is 32.1. The van der Waals surface area contributed by atoms with Crippen LogP contribution in [0.2, 0.25) is 0 Å². The number of carbonyl (C=O) groups is 1. The van der Waals surface area contributed by atoms with E-state index in [1.165, 1.54) is 11.3 Å². The summed E-state index contributed by atoms with van der Waals surface area (Å²) in [6.45, 7) is 4.88. The molecule has 1 N–H and O–H groups in total. The fourth-order valence-electron chi connectivity index (χ4n) is 2.43. The van der Waals surface area contributed by atoms with Crippen LogP contribution in [0.5, 0.6) is 0 Å². The molecule has 1 amide bonds. The molecular formula is C13H16N4OS. The first-order chi connectivity index (χ1) is 9.15. The van der Waals surface area contributed by atoms with Gasteiger partial charge in [0.1, 0.15) is 5.82 Å². The summed E-state index contributed by atoms with van der Waals surface area (Å²) in [4.78, 5) is 12.9. The largest absolute Gasteiger partial charge is 0.341 e. The van der Waals surface area contributed by atoms with Crippen LogP contribution in [0.3, 0.4) is 0 Å². The zero-order valence-corrected chi connectivity index (χ0v) is 11.8. The van der Waals surface area contributed by atoms with Crippen molar-refractivity contribution in [1.29, 1.82) is 0 Å². The third kappa shape index (κ3) is 2.28. The van der Waals surface area contributed by atoms with E-state index in [1.54, 1.807) is 0 Å².